The summed E-state index contributed by atoms with van der Waals surface area (Å²) in [4.78, 5) is 3.67. The van der Waals surface area contributed by atoms with E-state index < -0.39 is 5.41 Å². The largest absolute Gasteiger partial charge is 0.143 e. The predicted molar refractivity (Wildman–Crippen MR) is 114 cm³/mol. The van der Waals surface area contributed by atoms with Gasteiger partial charge in [-0.1, -0.05) is 30.3 Å². The molecule has 0 spiro atoms. The van der Waals surface area contributed by atoms with Crippen LogP contribution < -0.4 is 0 Å². The summed E-state index contributed by atoms with van der Waals surface area (Å²) in [6.07, 6.45) is 0. The zero-order valence-electron chi connectivity index (χ0n) is 13.1. The Bertz CT molecular complexity index is 821. The standard InChI is InChI=1S/C20H18S4/c1-20(13-5-3-2-4-6-13,16-11-14(21)7-9-18(16)23)17-12-15(22)8-10-19(17)24/h2-12,21-24H,1H3. The zero-order valence-corrected chi connectivity index (χ0v) is 16.7. The molecular weight excluding hydrogens is 368 g/mol. The van der Waals surface area contributed by atoms with Gasteiger partial charge in [-0.05, 0) is 60.0 Å². The van der Waals surface area contributed by atoms with E-state index in [0.29, 0.717) is 0 Å². The van der Waals surface area contributed by atoms with Gasteiger partial charge in [-0.15, -0.1) is 50.5 Å². The molecule has 0 bridgehead atoms. The van der Waals surface area contributed by atoms with Gasteiger partial charge in [0, 0.05) is 25.0 Å². The van der Waals surface area contributed by atoms with Gasteiger partial charge in [-0.3, -0.25) is 0 Å². The number of thiol groups is 4. The van der Waals surface area contributed by atoms with Crippen molar-refractivity contribution in [3.63, 3.8) is 0 Å². The van der Waals surface area contributed by atoms with Crippen molar-refractivity contribution in [3.05, 3.63) is 83.4 Å². The SMILES string of the molecule is CC(c1ccccc1)(c1cc(S)ccc1S)c1cc(S)ccc1S. The maximum atomic E-state index is 4.72. The Morgan fingerprint density at radius 3 is 1.54 bits per heavy atom. The average Bonchev–Trinajstić information content (AvgIpc) is 2.59. The van der Waals surface area contributed by atoms with E-state index in [1.54, 1.807) is 0 Å². The Hall–Kier alpha value is -0.940. The van der Waals surface area contributed by atoms with Gasteiger partial charge >= 0.3 is 0 Å². The molecule has 3 aromatic rings. The van der Waals surface area contributed by atoms with Crippen LogP contribution in [0.2, 0.25) is 0 Å². The summed E-state index contributed by atoms with van der Waals surface area (Å²) in [6, 6.07) is 22.5. The van der Waals surface area contributed by atoms with Crippen molar-refractivity contribution in [2.75, 3.05) is 0 Å². The van der Waals surface area contributed by atoms with Crippen LogP contribution in [0, 0.1) is 0 Å². The Balaban J connectivity index is 2.38. The first kappa shape index (κ1) is 17.9. The van der Waals surface area contributed by atoms with Crippen molar-refractivity contribution in [2.24, 2.45) is 0 Å². The van der Waals surface area contributed by atoms with E-state index in [0.717, 1.165) is 30.7 Å². The summed E-state index contributed by atoms with van der Waals surface area (Å²) in [5.74, 6) is 0. The van der Waals surface area contributed by atoms with Crippen LogP contribution in [0.25, 0.3) is 0 Å². The van der Waals surface area contributed by atoms with Crippen molar-refractivity contribution < 1.29 is 0 Å². The Morgan fingerprint density at radius 2 is 1.08 bits per heavy atom. The molecule has 0 fully saturated rings. The second-order valence-electron chi connectivity index (χ2n) is 5.89. The minimum atomic E-state index is -0.410. The summed E-state index contributed by atoms with van der Waals surface area (Å²) in [5, 5.41) is 0. The molecule has 0 aliphatic rings. The molecule has 24 heavy (non-hydrogen) atoms. The average molecular weight is 387 g/mol. The highest BCUT2D eigenvalue weighted by Gasteiger charge is 2.34. The minimum absolute atomic E-state index is 0.410. The third-order valence-electron chi connectivity index (χ3n) is 4.39. The molecule has 0 heterocycles. The van der Waals surface area contributed by atoms with E-state index in [1.807, 2.05) is 30.3 Å². The number of hydrogen-bond donors (Lipinski definition) is 4. The van der Waals surface area contributed by atoms with Crippen LogP contribution in [0.5, 0.6) is 0 Å². The van der Waals surface area contributed by atoms with Crippen LogP contribution in [-0.2, 0) is 5.41 Å². The fourth-order valence-corrected chi connectivity index (χ4v) is 4.21. The van der Waals surface area contributed by atoms with Gasteiger partial charge in [0.25, 0.3) is 0 Å². The molecule has 0 aromatic heterocycles. The molecule has 0 aliphatic carbocycles. The predicted octanol–water partition coefficient (Wildman–Crippen LogP) is 6.20. The molecule has 0 saturated heterocycles. The van der Waals surface area contributed by atoms with Gasteiger partial charge in [0.1, 0.15) is 0 Å². The van der Waals surface area contributed by atoms with Crippen LogP contribution >= 0.6 is 50.5 Å². The molecule has 0 N–H and O–H groups in total. The zero-order chi connectivity index (χ0) is 17.3. The maximum absolute atomic E-state index is 4.72. The van der Waals surface area contributed by atoms with Crippen molar-refractivity contribution in [3.8, 4) is 0 Å². The fraction of sp³-hybridized carbons (Fsp3) is 0.100. The van der Waals surface area contributed by atoms with Gasteiger partial charge in [0.2, 0.25) is 0 Å². The van der Waals surface area contributed by atoms with Crippen molar-refractivity contribution in [2.45, 2.75) is 31.9 Å². The van der Waals surface area contributed by atoms with Crippen LogP contribution in [-0.4, -0.2) is 0 Å². The lowest BCUT2D eigenvalue weighted by Gasteiger charge is -2.34. The smallest absolute Gasteiger partial charge is 0.0446 e. The monoisotopic (exact) mass is 386 g/mol. The molecule has 0 aliphatic heterocycles. The third kappa shape index (κ3) is 3.25. The van der Waals surface area contributed by atoms with Crippen molar-refractivity contribution in [1.82, 2.24) is 0 Å². The molecule has 3 aromatic carbocycles. The van der Waals surface area contributed by atoms with Gasteiger partial charge < -0.3 is 0 Å². The quantitative estimate of drug-likeness (QED) is 0.299. The highest BCUT2D eigenvalue weighted by Crippen LogP contribution is 2.44. The molecule has 3 rings (SSSR count). The summed E-state index contributed by atoms with van der Waals surface area (Å²) in [7, 11) is 0. The Kier molecular flexibility index (Phi) is 5.30. The van der Waals surface area contributed by atoms with E-state index in [4.69, 9.17) is 25.3 Å². The molecule has 0 nitrogen and oxygen atoms in total. The second kappa shape index (κ2) is 7.12. The third-order valence-corrected chi connectivity index (χ3v) is 5.73. The molecule has 0 atom stereocenters. The number of rotatable bonds is 3. The summed E-state index contributed by atoms with van der Waals surface area (Å²) in [6.45, 7) is 2.20. The molecule has 0 saturated carbocycles. The number of benzene rings is 3. The van der Waals surface area contributed by atoms with Crippen LogP contribution in [0.3, 0.4) is 0 Å². The summed E-state index contributed by atoms with van der Waals surface area (Å²) < 4.78 is 0. The van der Waals surface area contributed by atoms with Gasteiger partial charge in [0.05, 0.1) is 0 Å². The Morgan fingerprint density at radius 1 is 0.625 bits per heavy atom. The Labute approximate surface area is 165 Å². The van der Waals surface area contributed by atoms with Gasteiger partial charge in [0.15, 0.2) is 0 Å². The first-order chi connectivity index (χ1) is 11.4. The molecular formula is C20H18S4. The van der Waals surface area contributed by atoms with Gasteiger partial charge in [-0.2, -0.15) is 0 Å². The summed E-state index contributed by atoms with van der Waals surface area (Å²) >= 11 is 18.5. The molecule has 0 amide bonds. The lowest BCUT2D eigenvalue weighted by molar-refractivity contribution is 0.658. The van der Waals surface area contributed by atoms with Crippen molar-refractivity contribution in [1.29, 1.82) is 0 Å². The van der Waals surface area contributed by atoms with Crippen LogP contribution in [0.4, 0.5) is 0 Å². The molecule has 4 heteroatoms. The molecule has 122 valence electrons. The maximum Gasteiger partial charge on any atom is 0.0446 e. The van der Waals surface area contributed by atoms with Crippen LogP contribution in [0.15, 0.2) is 86.3 Å². The first-order valence-electron chi connectivity index (χ1n) is 7.53. The lowest BCUT2D eigenvalue weighted by Crippen LogP contribution is -2.26. The van der Waals surface area contributed by atoms with Gasteiger partial charge in [-0.25, -0.2) is 0 Å². The second-order valence-corrected chi connectivity index (χ2v) is 7.89. The topological polar surface area (TPSA) is 0 Å². The first-order valence-corrected chi connectivity index (χ1v) is 9.32. The van der Waals surface area contributed by atoms with E-state index in [-0.39, 0.29) is 0 Å². The minimum Gasteiger partial charge on any atom is -0.143 e. The fourth-order valence-electron chi connectivity index (χ4n) is 3.08. The highest BCUT2D eigenvalue weighted by atomic mass is 32.1. The van der Waals surface area contributed by atoms with E-state index in [2.05, 4.69) is 68.6 Å². The summed E-state index contributed by atoms with van der Waals surface area (Å²) in [5.41, 5.74) is 2.96. The van der Waals surface area contributed by atoms with Crippen molar-refractivity contribution >= 4 is 50.5 Å². The lowest BCUT2D eigenvalue weighted by atomic mass is 9.71. The normalized spacial score (nSPS) is 11.5. The van der Waals surface area contributed by atoms with Crippen LogP contribution in [0.1, 0.15) is 23.6 Å². The van der Waals surface area contributed by atoms with E-state index >= 15 is 0 Å². The van der Waals surface area contributed by atoms with E-state index in [1.165, 1.54) is 5.56 Å². The molecule has 0 unspecified atom stereocenters. The number of hydrogen-bond acceptors (Lipinski definition) is 4. The highest BCUT2D eigenvalue weighted by molar-refractivity contribution is 7.81. The molecule has 0 radical (unpaired) electrons. The van der Waals surface area contributed by atoms with E-state index in [9.17, 15) is 0 Å².